The van der Waals surface area contributed by atoms with E-state index in [1.54, 1.807) is 13.8 Å². The number of amides is 1. The van der Waals surface area contributed by atoms with Crippen molar-refractivity contribution in [3.63, 3.8) is 0 Å². The molecule has 1 aliphatic rings. The molecule has 3 N–H and O–H groups in total. The molecule has 1 aliphatic heterocycles. The van der Waals surface area contributed by atoms with Gasteiger partial charge in [0.1, 0.15) is 0 Å². The van der Waals surface area contributed by atoms with Gasteiger partial charge in [-0.05, 0) is 33.2 Å². The lowest BCUT2D eigenvalue weighted by Crippen LogP contribution is -2.52. The van der Waals surface area contributed by atoms with Crippen LogP contribution in [0.15, 0.2) is 0 Å². The molecule has 0 bridgehead atoms. The number of hydrogen-bond donors (Lipinski definition) is 3. The van der Waals surface area contributed by atoms with Gasteiger partial charge in [-0.15, -0.1) is 0 Å². The van der Waals surface area contributed by atoms with Crippen LogP contribution in [-0.2, 0) is 14.8 Å². The molecule has 18 heavy (non-hydrogen) atoms. The third-order valence-corrected chi connectivity index (χ3v) is 3.76. The fraction of sp³-hybridized carbons (Fsp3) is 0.909. The van der Waals surface area contributed by atoms with E-state index >= 15 is 0 Å². The van der Waals surface area contributed by atoms with Crippen molar-refractivity contribution in [3.8, 4) is 0 Å². The van der Waals surface area contributed by atoms with E-state index in [9.17, 15) is 13.2 Å². The zero-order valence-corrected chi connectivity index (χ0v) is 12.1. The van der Waals surface area contributed by atoms with Crippen LogP contribution in [0.2, 0.25) is 0 Å². The van der Waals surface area contributed by atoms with Crippen molar-refractivity contribution in [2.75, 3.05) is 25.9 Å². The second-order valence-corrected chi connectivity index (χ2v) is 7.27. The maximum absolute atomic E-state index is 11.9. The molecule has 0 aliphatic carbocycles. The molecule has 0 aromatic rings. The summed E-state index contributed by atoms with van der Waals surface area (Å²) in [6, 6.07) is 0. The van der Waals surface area contributed by atoms with Gasteiger partial charge in [-0.3, -0.25) is 4.79 Å². The molecular formula is C11H23N3O3S. The van der Waals surface area contributed by atoms with Gasteiger partial charge < -0.3 is 10.6 Å². The molecule has 1 amide bonds. The van der Waals surface area contributed by atoms with Crippen LogP contribution in [-0.4, -0.2) is 45.8 Å². The Morgan fingerprint density at radius 2 is 2.11 bits per heavy atom. The second-order valence-electron chi connectivity index (χ2n) is 5.52. The molecule has 0 aromatic heterocycles. The SMILES string of the molecule is CC(C)(CNC(=O)[C@@H]1CCCNC1)NS(C)(=O)=O. The summed E-state index contributed by atoms with van der Waals surface area (Å²) < 4.78 is 24.8. The van der Waals surface area contributed by atoms with Crippen molar-refractivity contribution in [2.24, 2.45) is 5.92 Å². The quantitative estimate of drug-likeness (QED) is 0.628. The van der Waals surface area contributed by atoms with Gasteiger partial charge in [0, 0.05) is 18.6 Å². The summed E-state index contributed by atoms with van der Waals surface area (Å²) in [5.74, 6) is -0.0154. The highest BCUT2D eigenvalue weighted by atomic mass is 32.2. The highest BCUT2D eigenvalue weighted by Gasteiger charge is 2.25. The number of carbonyl (C=O) groups excluding carboxylic acids is 1. The van der Waals surface area contributed by atoms with Crippen molar-refractivity contribution in [1.82, 2.24) is 15.4 Å². The van der Waals surface area contributed by atoms with E-state index in [-0.39, 0.29) is 18.4 Å². The van der Waals surface area contributed by atoms with Crippen LogP contribution in [0.5, 0.6) is 0 Å². The number of nitrogens with one attached hydrogen (secondary N) is 3. The monoisotopic (exact) mass is 277 g/mol. The fourth-order valence-electron chi connectivity index (χ4n) is 2.07. The van der Waals surface area contributed by atoms with Crippen LogP contribution >= 0.6 is 0 Å². The van der Waals surface area contributed by atoms with Crippen LogP contribution in [0.25, 0.3) is 0 Å². The summed E-state index contributed by atoms with van der Waals surface area (Å²) in [6.45, 7) is 5.44. The number of rotatable bonds is 5. The van der Waals surface area contributed by atoms with Crippen LogP contribution < -0.4 is 15.4 Å². The lowest BCUT2D eigenvalue weighted by atomic mass is 9.98. The third-order valence-electron chi connectivity index (χ3n) is 2.83. The molecule has 1 saturated heterocycles. The van der Waals surface area contributed by atoms with Gasteiger partial charge in [-0.2, -0.15) is 0 Å². The molecular weight excluding hydrogens is 254 g/mol. The Balaban J connectivity index is 2.41. The first-order chi connectivity index (χ1) is 8.20. The largest absolute Gasteiger partial charge is 0.354 e. The van der Waals surface area contributed by atoms with E-state index in [4.69, 9.17) is 0 Å². The predicted octanol–water partition coefficient (Wildman–Crippen LogP) is -0.570. The smallest absolute Gasteiger partial charge is 0.224 e. The van der Waals surface area contributed by atoms with Gasteiger partial charge in [0.2, 0.25) is 15.9 Å². The third kappa shape index (κ3) is 5.79. The lowest BCUT2D eigenvalue weighted by Gasteiger charge is -2.27. The first kappa shape index (κ1) is 15.4. The molecule has 6 nitrogen and oxygen atoms in total. The van der Waals surface area contributed by atoms with E-state index in [2.05, 4.69) is 15.4 Å². The molecule has 106 valence electrons. The number of piperidine rings is 1. The number of sulfonamides is 1. The Morgan fingerprint density at radius 1 is 1.44 bits per heavy atom. The highest BCUT2D eigenvalue weighted by molar-refractivity contribution is 7.88. The standard InChI is InChI=1S/C11H23N3O3S/c1-11(2,14-18(3,16)17)8-13-10(15)9-5-4-6-12-7-9/h9,12,14H,4-8H2,1-3H3,(H,13,15)/t9-/m1/s1. The summed E-state index contributed by atoms with van der Waals surface area (Å²) in [5, 5.41) is 5.99. The van der Waals surface area contributed by atoms with Crippen LogP contribution in [0, 0.1) is 5.92 Å². The average molecular weight is 277 g/mol. The summed E-state index contributed by atoms with van der Waals surface area (Å²) in [4.78, 5) is 11.9. The molecule has 0 unspecified atom stereocenters. The van der Waals surface area contributed by atoms with Crippen molar-refractivity contribution < 1.29 is 13.2 Å². The molecule has 1 atom stereocenters. The molecule has 1 fully saturated rings. The summed E-state index contributed by atoms with van der Waals surface area (Å²) in [6.07, 6.45) is 3.00. The zero-order chi connectivity index (χ0) is 13.8. The van der Waals surface area contributed by atoms with Gasteiger partial charge in [-0.1, -0.05) is 0 Å². The van der Waals surface area contributed by atoms with E-state index in [0.29, 0.717) is 6.54 Å². The Hall–Kier alpha value is -0.660. The predicted molar refractivity (Wildman–Crippen MR) is 70.7 cm³/mol. The van der Waals surface area contributed by atoms with Crippen LogP contribution in [0.1, 0.15) is 26.7 Å². The van der Waals surface area contributed by atoms with Crippen molar-refractivity contribution >= 4 is 15.9 Å². The summed E-state index contributed by atoms with van der Waals surface area (Å²) >= 11 is 0. The Morgan fingerprint density at radius 3 is 2.61 bits per heavy atom. The molecule has 0 saturated carbocycles. The average Bonchev–Trinajstić information content (AvgIpc) is 2.24. The van der Waals surface area contributed by atoms with Gasteiger partial charge in [0.15, 0.2) is 0 Å². The van der Waals surface area contributed by atoms with E-state index in [1.165, 1.54) is 0 Å². The minimum atomic E-state index is -3.27. The lowest BCUT2D eigenvalue weighted by molar-refractivity contribution is -0.125. The maximum atomic E-state index is 11.9. The molecule has 0 radical (unpaired) electrons. The Bertz CT molecular complexity index is 386. The van der Waals surface area contributed by atoms with E-state index in [0.717, 1.165) is 25.6 Å². The van der Waals surface area contributed by atoms with Gasteiger partial charge >= 0.3 is 0 Å². The van der Waals surface area contributed by atoms with Crippen LogP contribution in [0.3, 0.4) is 0 Å². The van der Waals surface area contributed by atoms with Crippen molar-refractivity contribution in [1.29, 1.82) is 0 Å². The highest BCUT2D eigenvalue weighted by Crippen LogP contribution is 2.10. The topological polar surface area (TPSA) is 87.3 Å². The molecule has 0 spiro atoms. The molecule has 1 rings (SSSR count). The van der Waals surface area contributed by atoms with Gasteiger partial charge in [0.25, 0.3) is 0 Å². The normalized spacial score (nSPS) is 21.6. The van der Waals surface area contributed by atoms with E-state index < -0.39 is 15.6 Å². The minimum absolute atomic E-state index is 0.00668. The number of carbonyl (C=O) groups is 1. The van der Waals surface area contributed by atoms with E-state index in [1.807, 2.05) is 0 Å². The van der Waals surface area contributed by atoms with Crippen molar-refractivity contribution in [2.45, 2.75) is 32.2 Å². The van der Waals surface area contributed by atoms with Crippen molar-refractivity contribution in [3.05, 3.63) is 0 Å². The first-order valence-electron chi connectivity index (χ1n) is 6.17. The van der Waals surface area contributed by atoms with Gasteiger partial charge in [0.05, 0.1) is 12.2 Å². The Labute approximate surface area is 109 Å². The van der Waals surface area contributed by atoms with Gasteiger partial charge in [-0.25, -0.2) is 13.1 Å². The first-order valence-corrected chi connectivity index (χ1v) is 8.06. The molecule has 1 heterocycles. The summed E-state index contributed by atoms with van der Waals surface area (Å²) in [7, 11) is -3.27. The van der Waals surface area contributed by atoms with Crippen LogP contribution in [0.4, 0.5) is 0 Å². The maximum Gasteiger partial charge on any atom is 0.224 e. The molecule has 7 heteroatoms. The summed E-state index contributed by atoms with van der Waals surface area (Å²) in [5.41, 5.74) is -0.675. The minimum Gasteiger partial charge on any atom is -0.354 e. The molecule has 0 aromatic carbocycles. The Kier molecular flexibility index (Phi) is 5.12. The number of hydrogen-bond acceptors (Lipinski definition) is 4. The zero-order valence-electron chi connectivity index (χ0n) is 11.2. The second kappa shape index (κ2) is 5.99. The fourth-order valence-corrected chi connectivity index (χ4v) is 3.14.